The van der Waals surface area contributed by atoms with Gasteiger partial charge in [0.1, 0.15) is 5.82 Å². The lowest BCUT2D eigenvalue weighted by Gasteiger charge is -2.10. The maximum Gasteiger partial charge on any atom is 0.144 e. The molecule has 0 aliphatic carbocycles. The highest BCUT2D eigenvalue weighted by Crippen LogP contribution is 2.24. The molecule has 0 aromatic carbocycles. The van der Waals surface area contributed by atoms with Gasteiger partial charge in [0, 0.05) is 17.5 Å². The average molecular weight is 280 g/mol. The van der Waals surface area contributed by atoms with Crippen molar-refractivity contribution < 1.29 is 0 Å². The van der Waals surface area contributed by atoms with Crippen molar-refractivity contribution in [2.45, 2.75) is 27.7 Å². The molecular formula is C17H20N4. The first-order chi connectivity index (χ1) is 9.90. The Morgan fingerprint density at radius 2 is 1.90 bits per heavy atom. The van der Waals surface area contributed by atoms with Crippen LogP contribution < -0.4 is 5.73 Å². The zero-order valence-corrected chi connectivity index (χ0v) is 12.9. The number of aryl methyl sites for hydroxylation is 2. The highest BCUT2D eigenvalue weighted by molar-refractivity contribution is 5.84. The lowest BCUT2D eigenvalue weighted by Crippen LogP contribution is -1.99. The summed E-state index contributed by atoms with van der Waals surface area (Å²) in [4.78, 5) is 13.0. The molecule has 0 spiro atoms. The summed E-state index contributed by atoms with van der Waals surface area (Å²) in [5, 5.41) is 0. The number of hydrogen-bond acceptors (Lipinski definition) is 4. The number of pyridine rings is 1. The Morgan fingerprint density at radius 3 is 2.52 bits per heavy atom. The fourth-order valence-electron chi connectivity index (χ4n) is 2.25. The minimum Gasteiger partial charge on any atom is -0.382 e. The molecule has 2 rings (SSSR count). The van der Waals surface area contributed by atoms with Crippen molar-refractivity contribution in [2.75, 3.05) is 5.73 Å². The minimum atomic E-state index is 0.467. The normalized spacial score (nSPS) is 11.5. The van der Waals surface area contributed by atoms with Gasteiger partial charge in [-0.2, -0.15) is 0 Å². The molecule has 0 saturated carbocycles. The largest absolute Gasteiger partial charge is 0.382 e. The van der Waals surface area contributed by atoms with Crippen molar-refractivity contribution in [1.82, 2.24) is 15.0 Å². The van der Waals surface area contributed by atoms with E-state index in [1.165, 1.54) is 0 Å². The second-order valence-electron chi connectivity index (χ2n) is 5.19. The number of allylic oxidation sites excluding steroid dienone is 2. The summed E-state index contributed by atoms with van der Waals surface area (Å²) >= 11 is 0. The summed E-state index contributed by atoms with van der Waals surface area (Å²) in [5.74, 6) is 0.467. The van der Waals surface area contributed by atoms with Crippen LogP contribution in [0.4, 0.5) is 5.82 Å². The van der Waals surface area contributed by atoms with Crippen molar-refractivity contribution >= 4 is 23.0 Å². The van der Waals surface area contributed by atoms with Gasteiger partial charge >= 0.3 is 0 Å². The molecule has 0 aliphatic rings. The van der Waals surface area contributed by atoms with E-state index in [-0.39, 0.29) is 0 Å². The Balaban J connectivity index is 2.50. The number of nitrogens with two attached hydrogens (primary N) is 1. The molecule has 0 fully saturated rings. The number of aromatic nitrogens is 3. The van der Waals surface area contributed by atoms with Crippen LogP contribution in [-0.2, 0) is 0 Å². The SMILES string of the molecule is C=C(C)c1c(/C=C(\C)c2cnc(N)c(C)n2)ccnc1C. The van der Waals surface area contributed by atoms with Crippen LogP contribution in [0, 0.1) is 13.8 Å². The first kappa shape index (κ1) is 14.9. The van der Waals surface area contributed by atoms with E-state index in [1.54, 1.807) is 12.4 Å². The standard InChI is InChI=1S/C17H20N4/c1-10(2)16-12(4)19-7-6-14(16)8-11(3)15-9-20-17(18)13(5)21-15/h6-9H,1H2,2-5H3,(H2,18,20)/b11-8+. The molecule has 0 unspecified atom stereocenters. The molecule has 2 aromatic rings. The lowest BCUT2D eigenvalue weighted by atomic mass is 9.99. The van der Waals surface area contributed by atoms with E-state index < -0.39 is 0 Å². The lowest BCUT2D eigenvalue weighted by molar-refractivity contribution is 1.10. The molecular weight excluding hydrogens is 260 g/mol. The quantitative estimate of drug-likeness (QED) is 0.931. The summed E-state index contributed by atoms with van der Waals surface area (Å²) in [6.07, 6.45) is 5.59. The van der Waals surface area contributed by atoms with Gasteiger partial charge in [0.05, 0.1) is 17.6 Å². The molecule has 0 atom stereocenters. The molecule has 2 heterocycles. The maximum absolute atomic E-state index is 5.71. The van der Waals surface area contributed by atoms with Crippen LogP contribution in [-0.4, -0.2) is 15.0 Å². The summed E-state index contributed by atoms with van der Waals surface area (Å²) in [5.41, 5.74) is 12.4. The van der Waals surface area contributed by atoms with Gasteiger partial charge in [-0.15, -0.1) is 0 Å². The molecule has 0 saturated heterocycles. The predicted molar refractivity (Wildman–Crippen MR) is 88.4 cm³/mol. The highest BCUT2D eigenvalue weighted by Gasteiger charge is 2.08. The summed E-state index contributed by atoms with van der Waals surface area (Å²) in [7, 11) is 0. The van der Waals surface area contributed by atoms with Crippen LogP contribution in [0.2, 0.25) is 0 Å². The van der Waals surface area contributed by atoms with Gasteiger partial charge in [-0.05, 0) is 56.5 Å². The van der Waals surface area contributed by atoms with Gasteiger partial charge in [-0.25, -0.2) is 9.97 Å². The van der Waals surface area contributed by atoms with E-state index >= 15 is 0 Å². The van der Waals surface area contributed by atoms with E-state index in [0.29, 0.717) is 5.82 Å². The van der Waals surface area contributed by atoms with Crippen LogP contribution in [0.5, 0.6) is 0 Å². The van der Waals surface area contributed by atoms with Crippen molar-refractivity contribution in [2.24, 2.45) is 0 Å². The van der Waals surface area contributed by atoms with E-state index in [2.05, 4.69) is 27.6 Å². The van der Waals surface area contributed by atoms with Crippen molar-refractivity contribution in [3.8, 4) is 0 Å². The predicted octanol–water partition coefficient (Wildman–Crippen LogP) is 3.66. The monoisotopic (exact) mass is 280 g/mol. The number of rotatable bonds is 3. The van der Waals surface area contributed by atoms with Gasteiger partial charge < -0.3 is 5.73 Å². The molecule has 2 N–H and O–H groups in total. The average Bonchev–Trinajstić information content (AvgIpc) is 2.41. The molecule has 0 bridgehead atoms. The van der Waals surface area contributed by atoms with Gasteiger partial charge in [0.25, 0.3) is 0 Å². The third-order valence-electron chi connectivity index (χ3n) is 3.36. The smallest absolute Gasteiger partial charge is 0.144 e. The Labute approximate surface area is 125 Å². The van der Waals surface area contributed by atoms with E-state index in [1.807, 2.05) is 33.8 Å². The molecule has 0 radical (unpaired) electrons. The van der Waals surface area contributed by atoms with Crippen LogP contribution >= 0.6 is 0 Å². The second kappa shape index (κ2) is 5.87. The van der Waals surface area contributed by atoms with Gasteiger partial charge in [0.15, 0.2) is 0 Å². The molecule has 4 nitrogen and oxygen atoms in total. The summed E-state index contributed by atoms with van der Waals surface area (Å²) < 4.78 is 0. The maximum atomic E-state index is 5.71. The van der Waals surface area contributed by atoms with Gasteiger partial charge in [-0.1, -0.05) is 6.58 Å². The summed E-state index contributed by atoms with van der Waals surface area (Å²) in [6, 6.07) is 1.98. The number of nitrogen functional groups attached to an aromatic ring is 1. The third kappa shape index (κ3) is 3.16. The van der Waals surface area contributed by atoms with Crippen LogP contribution in [0.3, 0.4) is 0 Å². The number of anilines is 1. The Hall–Kier alpha value is -2.49. The fourth-order valence-corrected chi connectivity index (χ4v) is 2.25. The molecule has 21 heavy (non-hydrogen) atoms. The molecule has 0 aliphatic heterocycles. The number of nitrogens with zero attached hydrogens (tertiary/aromatic N) is 3. The molecule has 4 heteroatoms. The molecule has 108 valence electrons. The third-order valence-corrected chi connectivity index (χ3v) is 3.36. The Morgan fingerprint density at radius 1 is 1.19 bits per heavy atom. The Bertz CT molecular complexity index is 730. The van der Waals surface area contributed by atoms with Crippen LogP contribution in [0.15, 0.2) is 25.0 Å². The second-order valence-corrected chi connectivity index (χ2v) is 5.19. The van der Waals surface area contributed by atoms with E-state index in [0.717, 1.165) is 39.4 Å². The first-order valence-corrected chi connectivity index (χ1v) is 6.79. The van der Waals surface area contributed by atoms with Gasteiger partial charge in [-0.3, -0.25) is 4.98 Å². The van der Waals surface area contributed by atoms with Gasteiger partial charge in [0.2, 0.25) is 0 Å². The van der Waals surface area contributed by atoms with Crippen LogP contribution in [0.1, 0.15) is 42.1 Å². The minimum absolute atomic E-state index is 0.467. The highest BCUT2D eigenvalue weighted by atomic mass is 14.9. The van der Waals surface area contributed by atoms with Crippen molar-refractivity contribution in [3.05, 3.63) is 53.2 Å². The van der Waals surface area contributed by atoms with E-state index in [4.69, 9.17) is 5.73 Å². The summed E-state index contributed by atoms with van der Waals surface area (Å²) in [6.45, 7) is 11.9. The Kier molecular flexibility index (Phi) is 4.17. The topological polar surface area (TPSA) is 64.7 Å². The fraction of sp³-hybridized carbons (Fsp3) is 0.235. The molecule has 0 amide bonds. The first-order valence-electron chi connectivity index (χ1n) is 6.79. The zero-order chi connectivity index (χ0) is 15.6. The van der Waals surface area contributed by atoms with Crippen molar-refractivity contribution in [1.29, 1.82) is 0 Å². The number of hydrogen-bond donors (Lipinski definition) is 1. The van der Waals surface area contributed by atoms with E-state index in [9.17, 15) is 0 Å². The van der Waals surface area contributed by atoms with Crippen LogP contribution in [0.25, 0.3) is 17.2 Å². The zero-order valence-electron chi connectivity index (χ0n) is 12.9. The molecule has 2 aromatic heterocycles. The van der Waals surface area contributed by atoms with Crippen molar-refractivity contribution in [3.63, 3.8) is 0 Å².